The van der Waals surface area contributed by atoms with Gasteiger partial charge in [-0.25, -0.2) is 0 Å². The van der Waals surface area contributed by atoms with Gasteiger partial charge in [0.25, 0.3) is 0 Å². The smallest absolute Gasteiger partial charge is 0.309 e. The molecule has 0 bridgehead atoms. The largest absolute Gasteiger partial charge is 0.481 e. The minimum atomic E-state index is -0.773. The SMILES string of the molecule is CCCCCCCC(CCC(C)C)OC(=O)C1CCCC(C(=O)O)C1. The third-order valence-electron chi connectivity index (χ3n) is 5.34. The van der Waals surface area contributed by atoms with Gasteiger partial charge in [0.05, 0.1) is 11.8 Å². The fourth-order valence-electron chi connectivity index (χ4n) is 3.65. The molecule has 1 rings (SSSR count). The molecule has 4 heteroatoms. The number of ether oxygens (including phenoxy) is 1. The van der Waals surface area contributed by atoms with Gasteiger partial charge in [0.1, 0.15) is 6.10 Å². The van der Waals surface area contributed by atoms with Crippen molar-refractivity contribution in [1.29, 1.82) is 0 Å². The molecule has 1 N–H and O–H groups in total. The number of carbonyl (C=O) groups is 2. The van der Waals surface area contributed by atoms with Crippen molar-refractivity contribution in [1.82, 2.24) is 0 Å². The van der Waals surface area contributed by atoms with Gasteiger partial charge < -0.3 is 9.84 Å². The molecule has 0 aromatic rings. The molecule has 0 amide bonds. The normalized spacial score (nSPS) is 21.9. The van der Waals surface area contributed by atoms with Gasteiger partial charge in [0, 0.05) is 0 Å². The summed E-state index contributed by atoms with van der Waals surface area (Å²) in [6.45, 7) is 6.60. The molecule has 0 radical (unpaired) electrons. The van der Waals surface area contributed by atoms with Crippen molar-refractivity contribution in [3.05, 3.63) is 0 Å². The zero-order chi connectivity index (χ0) is 18.7. The van der Waals surface area contributed by atoms with Crippen LogP contribution in [-0.4, -0.2) is 23.1 Å². The highest BCUT2D eigenvalue weighted by Crippen LogP contribution is 2.31. The number of hydrogen-bond donors (Lipinski definition) is 1. The maximum absolute atomic E-state index is 12.5. The van der Waals surface area contributed by atoms with Crippen molar-refractivity contribution < 1.29 is 19.4 Å². The number of esters is 1. The van der Waals surface area contributed by atoms with Crippen molar-refractivity contribution in [3.8, 4) is 0 Å². The first kappa shape index (κ1) is 22.0. The third-order valence-corrected chi connectivity index (χ3v) is 5.34. The Labute approximate surface area is 153 Å². The molecular formula is C21H38O4. The van der Waals surface area contributed by atoms with Gasteiger partial charge in [-0.05, 0) is 50.9 Å². The lowest BCUT2D eigenvalue weighted by Gasteiger charge is -2.27. The summed E-state index contributed by atoms with van der Waals surface area (Å²) in [5.41, 5.74) is 0. The predicted molar refractivity (Wildman–Crippen MR) is 100 cm³/mol. The highest BCUT2D eigenvalue weighted by atomic mass is 16.5. The second kappa shape index (κ2) is 12.3. The number of hydrogen-bond acceptors (Lipinski definition) is 3. The summed E-state index contributed by atoms with van der Waals surface area (Å²) in [6, 6.07) is 0. The Hall–Kier alpha value is -1.06. The highest BCUT2D eigenvalue weighted by Gasteiger charge is 2.32. The number of carboxylic acid groups (broad SMARTS) is 1. The summed E-state index contributed by atoms with van der Waals surface area (Å²) in [6.07, 6.45) is 11.7. The van der Waals surface area contributed by atoms with Crippen LogP contribution >= 0.6 is 0 Å². The van der Waals surface area contributed by atoms with E-state index in [4.69, 9.17) is 4.74 Å². The van der Waals surface area contributed by atoms with E-state index >= 15 is 0 Å². The predicted octanol–water partition coefficient (Wildman–Crippen LogP) is 5.59. The fourth-order valence-corrected chi connectivity index (χ4v) is 3.65. The van der Waals surface area contributed by atoms with Gasteiger partial charge in [-0.15, -0.1) is 0 Å². The lowest BCUT2D eigenvalue weighted by molar-refractivity contribution is -0.158. The standard InChI is InChI=1S/C21H38O4/c1-4-5-6-7-8-12-19(14-13-16(2)3)25-21(24)18-11-9-10-17(15-18)20(22)23/h16-19H,4-15H2,1-3H3,(H,22,23). The van der Waals surface area contributed by atoms with Crippen LogP contribution in [0.25, 0.3) is 0 Å². The number of rotatable bonds is 12. The zero-order valence-electron chi connectivity index (χ0n) is 16.5. The third kappa shape index (κ3) is 9.27. The van der Waals surface area contributed by atoms with Gasteiger partial charge >= 0.3 is 11.9 Å². The van der Waals surface area contributed by atoms with E-state index in [1.165, 1.54) is 25.7 Å². The fraction of sp³-hybridized carbons (Fsp3) is 0.905. The minimum Gasteiger partial charge on any atom is -0.481 e. The summed E-state index contributed by atoms with van der Waals surface area (Å²) in [7, 11) is 0. The van der Waals surface area contributed by atoms with Crippen LogP contribution in [0.1, 0.15) is 97.8 Å². The summed E-state index contributed by atoms with van der Waals surface area (Å²) in [5, 5.41) is 9.20. The van der Waals surface area contributed by atoms with Crippen LogP contribution in [0.2, 0.25) is 0 Å². The Balaban J connectivity index is 2.47. The number of unbranched alkanes of at least 4 members (excludes halogenated alkanes) is 4. The Morgan fingerprint density at radius 1 is 1.00 bits per heavy atom. The summed E-state index contributed by atoms with van der Waals surface area (Å²) in [5.74, 6) is -0.934. The summed E-state index contributed by atoms with van der Waals surface area (Å²) < 4.78 is 5.84. The van der Waals surface area contributed by atoms with Crippen LogP contribution in [0.4, 0.5) is 0 Å². The van der Waals surface area contributed by atoms with Gasteiger partial charge in [0.2, 0.25) is 0 Å². The molecule has 0 saturated heterocycles. The molecule has 3 unspecified atom stereocenters. The Kier molecular flexibility index (Phi) is 10.8. The number of carbonyl (C=O) groups excluding carboxylic acids is 1. The van der Waals surface area contributed by atoms with E-state index in [9.17, 15) is 14.7 Å². The molecule has 146 valence electrons. The molecule has 1 aliphatic rings. The maximum Gasteiger partial charge on any atom is 0.309 e. The van der Waals surface area contributed by atoms with E-state index in [0.29, 0.717) is 18.8 Å². The Morgan fingerprint density at radius 3 is 2.32 bits per heavy atom. The minimum absolute atomic E-state index is 0.00160. The van der Waals surface area contributed by atoms with E-state index in [0.717, 1.165) is 38.5 Å². The van der Waals surface area contributed by atoms with Crippen molar-refractivity contribution in [3.63, 3.8) is 0 Å². The number of aliphatic carboxylic acids is 1. The van der Waals surface area contributed by atoms with E-state index in [2.05, 4.69) is 20.8 Å². The van der Waals surface area contributed by atoms with E-state index in [-0.39, 0.29) is 23.9 Å². The maximum atomic E-state index is 12.5. The van der Waals surface area contributed by atoms with Crippen molar-refractivity contribution in [2.45, 2.75) is 104 Å². The average molecular weight is 355 g/mol. The molecule has 4 nitrogen and oxygen atoms in total. The molecule has 0 aromatic carbocycles. The molecule has 0 heterocycles. The van der Waals surface area contributed by atoms with Gasteiger partial charge in [-0.3, -0.25) is 9.59 Å². The first-order chi connectivity index (χ1) is 11.9. The molecule has 0 spiro atoms. The van der Waals surface area contributed by atoms with Crippen LogP contribution in [-0.2, 0) is 14.3 Å². The van der Waals surface area contributed by atoms with Crippen LogP contribution in [0.3, 0.4) is 0 Å². The van der Waals surface area contributed by atoms with Crippen LogP contribution in [0.5, 0.6) is 0 Å². The van der Waals surface area contributed by atoms with Crippen LogP contribution in [0, 0.1) is 17.8 Å². The van der Waals surface area contributed by atoms with Crippen molar-refractivity contribution >= 4 is 11.9 Å². The molecular weight excluding hydrogens is 316 g/mol. The van der Waals surface area contributed by atoms with E-state index in [1.807, 2.05) is 0 Å². The van der Waals surface area contributed by atoms with E-state index in [1.54, 1.807) is 0 Å². The molecule has 0 aliphatic heterocycles. The molecule has 25 heavy (non-hydrogen) atoms. The highest BCUT2D eigenvalue weighted by molar-refractivity contribution is 5.75. The van der Waals surface area contributed by atoms with Crippen molar-refractivity contribution in [2.75, 3.05) is 0 Å². The van der Waals surface area contributed by atoms with Gasteiger partial charge in [-0.1, -0.05) is 52.9 Å². The molecule has 1 fully saturated rings. The second-order valence-corrected chi connectivity index (χ2v) is 8.13. The summed E-state index contributed by atoms with van der Waals surface area (Å²) >= 11 is 0. The quantitative estimate of drug-likeness (QED) is 0.367. The Bertz CT molecular complexity index is 391. The van der Waals surface area contributed by atoms with E-state index < -0.39 is 5.97 Å². The monoisotopic (exact) mass is 354 g/mol. The molecule has 1 saturated carbocycles. The lowest BCUT2D eigenvalue weighted by atomic mass is 9.81. The Morgan fingerprint density at radius 2 is 1.68 bits per heavy atom. The number of carboxylic acids is 1. The van der Waals surface area contributed by atoms with Crippen molar-refractivity contribution in [2.24, 2.45) is 17.8 Å². The van der Waals surface area contributed by atoms with Crippen LogP contribution < -0.4 is 0 Å². The van der Waals surface area contributed by atoms with Gasteiger partial charge in [0.15, 0.2) is 0 Å². The topological polar surface area (TPSA) is 63.6 Å². The molecule has 3 atom stereocenters. The molecule has 1 aliphatic carbocycles. The first-order valence-corrected chi connectivity index (χ1v) is 10.4. The van der Waals surface area contributed by atoms with Gasteiger partial charge in [-0.2, -0.15) is 0 Å². The lowest BCUT2D eigenvalue weighted by Crippen LogP contribution is -2.31. The zero-order valence-corrected chi connectivity index (χ0v) is 16.5. The second-order valence-electron chi connectivity index (χ2n) is 8.13. The molecule has 0 aromatic heterocycles. The summed E-state index contributed by atoms with van der Waals surface area (Å²) in [4.78, 5) is 23.7. The average Bonchev–Trinajstić information content (AvgIpc) is 2.59. The van der Waals surface area contributed by atoms with Crippen LogP contribution in [0.15, 0.2) is 0 Å². The first-order valence-electron chi connectivity index (χ1n) is 10.4.